The summed E-state index contributed by atoms with van der Waals surface area (Å²) >= 11 is 0. The molecule has 1 aliphatic carbocycles. The van der Waals surface area contributed by atoms with E-state index in [0.717, 1.165) is 6.42 Å². The van der Waals surface area contributed by atoms with E-state index in [2.05, 4.69) is 4.98 Å². The van der Waals surface area contributed by atoms with Crippen molar-refractivity contribution >= 4 is 5.97 Å². The molecule has 2 rings (SSSR count). The van der Waals surface area contributed by atoms with Gasteiger partial charge in [0.15, 0.2) is 5.89 Å². The van der Waals surface area contributed by atoms with Crippen molar-refractivity contribution in [2.24, 2.45) is 5.92 Å². The second kappa shape index (κ2) is 5.98. The maximum Gasteiger partial charge on any atom is 0.376 e. The summed E-state index contributed by atoms with van der Waals surface area (Å²) in [6.07, 6.45) is 7.23. The average Bonchev–Trinajstić information content (AvgIpc) is 2.83. The minimum atomic E-state index is -0.433. The van der Waals surface area contributed by atoms with E-state index < -0.39 is 5.97 Å². The molecule has 112 valence electrons. The van der Waals surface area contributed by atoms with Gasteiger partial charge in [0.05, 0.1) is 12.8 Å². The summed E-state index contributed by atoms with van der Waals surface area (Å²) in [5.74, 6) is 1.16. The zero-order valence-corrected chi connectivity index (χ0v) is 13.0. The molecule has 4 nitrogen and oxygen atoms in total. The third-order valence-corrected chi connectivity index (χ3v) is 3.94. The molecule has 1 aromatic heterocycles. The molecule has 20 heavy (non-hydrogen) atoms. The van der Waals surface area contributed by atoms with Gasteiger partial charge in [0.1, 0.15) is 0 Å². The van der Waals surface area contributed by atoms with Crippen LogP contribution in [0.15, 0.2) is 4.42 Å². The summed E-state index contributed by atoms with van der Waals surface area (Å²) in [6, 6.07) is 0. The highest BCUT2D eigenvalue weighted by atomic mass is 16.5. The van der Waals surface area contributed by atoms with Crippen LogP contribution in [-0.2, 0) is 16.6 Å². The normalized spacial score (nSPS) is 17.2. The standard InChI is InChI=1S/C16H25NO3/c1-16(2,3)14-13(15(18)19-4)20-12(17-14)10-11-8-6-5-7-9-11/h11H,5-10H2,1-4H3. The number of methoxy groups -OCH3 is 1. The Morgan fingerprint density at radius 2 is 1.95 bits per heavy atom. The molecule has 0 spiro atoms. The Bertz CT molecular complexity index is 465. The Balaban J connectivity index is 2.21. The number of esters is 1. The molecule has 0 N–H and O–H groups in total. The van der Waals surface area contributed by atoms with Crippen molar-refractivity contribution < 1.29 is 13.9 Å². The molecule has 0 aliphatic heterocycles. The first-order valence-electron chi connectivity index (χ1n) is 7.50. The second-order valence-corrected chi connectivity index (χ2v) is 6.74. The van der Waals surface area contributed by atoms with Gasteiger partial charge in [-0.15, -0.1) is 0 Å². The van der Waals surface area contributed by atoms with Crippen LogP contribution < -0.4 is 0 Å². The Labute approximate surface area is 120 Å². The van der Waals surface area contributed by atoms with Crippen LogP contribution in [0.5, 0.6) is 0 Å². The Morgan fingerprint density at radius 1 is 1.30 bits per heavy atom. The number of carbonyl (C=O) groups excluding carboxylic acids is 1. The fourth-order valence-corrected chi connectivity index (χ4v) is 2.83. The first-order valence-corrected chi connectivity index (χ1v) is 7.50. The molecule has 0 amide bonds. The van der Waals surface area contributed by atoms with Gasteiger partial charge in [-0.05, 0) is 18.8 Å². The van der Waals surface area contributed by atoms with Gasteiger partial charge in [-0.1, -0.05) is 40.0 Å². The Kier molecular flexibility index (Phi) is 4.51. The van der Waals surface area contributed by atoms with Crippen LogP contribution in [-0.4, -0.2) is 18.1 Å². The SMILES string of the molecule is COC(=O)c1oc(CC2CCCCC2)nc1C(C)(C)C. The van der Waals surface area contributed by atoms with E-state index in [1.807, 2.05) is 20.8 Å². The summed E-state index contributed by atoms with van der Waals surface area (Å²) in [5, 5.41) is 0. The van der Waals surface area contributed by atoms with Gasteiger partial charge in [-0.3, -0.25) is 0 Å². The number of nitrogens with zero attached hydrogens (tertiary/aromatic N) is 1. The van der Waals surface area contributed by atoms with Gasteiger partial charge >= 0.3 is 5.97 Å². The van der Waals surface area contributed by atoms with E-state index in [4.69, 9.17) is 9.15 Å². The monoisotopic (exact) mass is 279 g/mol. The third-order valence-electron chi connectivity index (χ3n) is 3.94. The number of aromatic nitrogens is 1. The number of hydrogen-bond acceptors (Lipinski definition) is 4. The molecule has 1 fully saturated rings. The summed E-state index contributed by atoms with van der Waals surface area (Å²) in [5.41, 5.74) is 0.479. The fraction of sp³-hybridized carbons (Fsp3) is 0.750. The number of oxazole rings is 1. The molecule has 1 aromatic rings. The summed E-state index contributed by atoms with van der Waals surface area (Å²) < 4.78 is 10.5. The highest BCUT2D eigenvalue weighted by Crippen LogP contribution is 2.30. The molecule has 4 heteroatoms. The van der Waals surface area contributed by atoms with Crippen molar-refractivity contribution in [3.63, 3.8) is 0 Å². The van der Waals surface area contributed by atoms with Crippen molar-refractivity contribution in [1.82, 2.24) is 4.98 Å². The van der Waals surface area contributed by atoms with Crippen LogP contribution >= 0.6 is 0 Å². The zero-order chi connectivity index (χ0) is 14.8. The van der Waals surface area contributed by atoms with Crippen LogP contribution in [0.1, 0.15) is 75.0 Å². The number of carbonyl (C=O) groups is 1. The van der Waals surface area contributed by atoms with Crippen LogP contribution in [0, 0.1) is 5.92 Å². The molecule has 0 bridgehead atoms. The summed E-state index contributed by atoms with van der Waals surface area (Å²) in [6.45, 7) is 6.09. The third kappa shape index (κ3) is 3.41. The first kappa shape index (κ1) is 15.1. The smallest absolute Gasteiger partial charge is 0.376 e. The van der Waals surface area contributed by atoms with E-state index in [1.54, 1.807) is 0 Å². The molecule has 0 aromatic carbocycles. The number of ether oxygens (including phenoxy) is 1. The number of rotatable bonds is 3. The van der Waals surface area contributed by atoms with E-state index in [1.165, 1.54) is 39.2 Å². The molecule has 0 saturated heterocycles. The maximum atomic E-state index is 11.8. The van der Waals surface area contributed by atoms with Gasteiger partial charge in [-0.2, -0.15) is 0 Å². The van der Waals surface area contributed by atoms with Crippen LogP contribution in [0.25, 0.3) is 0 Å². The van der Waals surface area contributed by atoms with Crippen molar-refractivity contribution in [2.75, 3.05) is 7.11 Å². The van der Waals surface area contributed by atoms with Crippen molar-refractivity contribution in [3.8, 4) is 0 Å². The first-order chi connectivity index (χ1) is 9.41. The summed E-state index contributed by atoms with van der Waals surface area (Å²) in [7, 11) is 1.37. The molecular weight excluding hydrogens is 254 g/mol. The molecular formula is C16H25NO3. The lowest BCUT2D eigenvalue weighted by molar-refractivity contribution is 0.0558. The predicted molar refractivity (Wildman–Crippen MR) is 76.8 cm³/mol. The predicted octanol–water partition coefficient (Wildman–Crippen LogP) is 3.88. The minimum absolute atomic E-state index is 0.224. The second-order valence-electron chi connectivity index (χ2n) is 6.74. The Hall–Kier alpha value is -1.32. The van der Waals surface area contributed by atoms with Gasteiger partial charge in [0, 0.05) is 11.8 Å². The molecule has 0 unspecified atom stereocenters. The maximum absolute atomic E-state index is 11.8. The average molecular weight is 279 g/mol. The zero-order valence-electron chi connectivity index (χ0n) is 13.0. The van der Waals surface area contributed by atoms with Crippen molar-refractivity contribution in [3.05, 3.63) is 17.3 Å². The van der Waals surface area contributed by atoms with Crippen LogP contribution in [0.4, 0.5) is 0 Å². The highest BCUT2D eigenvalue weighted by Gasteiger charge is 2.30. The van der Waals surface area contributed by atoms with Crippen LogP contribution in [0.3, 0.4) is 0 Å². The van der Waals surface area contributed by atoms with Gasteiger partial charge in [0.2, 0.25) is 5.76 Å². The van der Waals surface area contributed by atoms with Gasteiger partial charge in [-0.25, -0.2) is 9.78 Å². The van der Waals surface area contributed by atoms with Gasteiger partial charge < -0.3 is 9.15 Å². The molecule has 0 radical (unpaired) electrons. The quantitative estimate of drug-likeness (QED) is 0.788. The van der Waals surface area contributed by atoms with Crippen molar-refractivity contribution in [2.45, 2.75) is 64.7 Å². The van der Waals surface area contributed by atoms with E-state index >= 15 is 0 Å². The Morgan fingerprint density at radius 3 is 2.50 bits per heavy atom. The topological polar surface area (TPSA) is 52.3 Å². The van der Waals surface area contributed by atoms with E-state index in [-0.39, 0.29) is 11.2 Å². The van der Waals surface area contributed by atoms with Crippen LogP contribution in [0.2, 0.25) is 0 Å². The fourth-order valence-electron chi connectivity index (χ4n) is 2.83. The van der Waals surface area contributed by atoms with E-state index in [9.17, 15) is 4.79 Å². The minimum Gasteiger partial charge on any atom is -0.463 e. The highest BCUT2D eigenvalue weighted by molar-refractivity contribution is 5.87. The largest absolute Gasteiger partial charge is 0.463 e. The summed E-state index contributed by atoms with van der Waals surface area (Å²) in [4.78, 5) is 16.4. The van der Waals surface area contributed by atoms with E-state index in [0.29, 0.717) is 17.5 Å². The lowest BCUT2D eigenvalue weighted by Gasteiger charge is -2.19. The lowest BCUT2D eigenvalue weighted by Crippen LogP contribution is -2.17. The van der Waals surface area contributed by atoms with Gasteiger partial charge in [0.25, 0.3) is 0 Å². The lowest BCUT2D eigenvalue weighted by atomic mass is 9.87. The molecule has 1 aliphatic rings. The molecule has 1 saturated carbocycles. The van der Waals surface area contributed by atoms with Crippen molar-refractivity contribution in [1.29, 1.82) is 0 Å². The molecule has 0 atom stereocenters. The molecule has 1 heterocycles. The number of hydrogen-bond donors (Lipinski definition) is 0.